The van der Waals surface area contributed by atoms with Crippen molar-refractivity contribution in [3.05, 3.63) is 18.2 Å². The van der Waals surface area contributed by atoms with Crippen LogP contribution in [0.15, 0.2) is 12.5 Å². The highest BCUT2D eigenvalue weighted by molar-refractivity contribution is 5.02. The largest absolute Gasteiger partial charge is 0.331 e. The molecule has 0 aliphatic rings. The van der Waals surface area contributed by atoms with Crippen LogP contribution >= 0.6 is 0 Å². The molecule has 0 aliphatic carbocycles. The summed E-state index contributed by atoms with van der Waals surface area (Å²) in [5.41, 5.74) is 6.48. The summed E-state index contributed by atoms with van der Waals surface area (Å²) in [5.74, 6) is 0. The molecule has 1 aromatic rings. The molecule has 4 heteroatoms. The lowest BCUT2D eigenvalue weighted by Gasteiger charge is -2.07. The van der Waals surface area contributed by atoms with Crippen LogP contribution in [0.5, 0.6) is 0 Å². The second kappa shape index (κ2) is 3.48. The Labute approximate surface area is 65.0 Å². The average molecular weight is 157 g/mol. The Hall–Kier alpha value is -0.900. The van der Waals surface area contributed by atoms with E-state index in [9.17, 15) is 4.39 Å². The molecular formula is C7H12FN3. The van der Waals surface area contributed by atoms with Crippen molar-refractivity contribution in [2.75, 3.05) is 6.67 Å². The van der Waals surface area contributed by atoms with Crippen molar-refractivity contribution in [3.63, 3.8) is 0 Å². The maximum absolute atomic E-state index is 11.9. The summed E-state index contributed by atoms with van der Waals surface area (Å²) in [6.07, 6.45) is 3.26. The van der Waals surface area contributed by atoms with E-state index in [2.05, 4.69) is 4.98 Å². The zero-order chi connectivity index (χ0) is 8.27. The third kappa shape index (κ3) is 1.77. The first-order valence-corrected chi connectivity index (χ1v) is 3.57. The van der Waals surface area contributed by atoms with Crippen molar-refractivity contribution < 1.29 is 4.39 Å². The lowest BCUT2D eigenvalue weighted by molar-refractivity contribution is 0.437. The molecule has 0 saturated heterocycles. The van der Waals surface area contributed by atoms with Crippen molar-refractivity contribution in [3.8, 4) is 0 Å². The molecule has 0 aromatic carbocycles. The van der Waals surface area contributed by atoms with Gasteiger partial charge in [0, 0.05) is 12.2 Å². The number of halogens is 1. The SMILES string of the molecule is C[C@@H](N)c1cncn1CCF. The van der Waals surface area contributed by atoms with Gasteiger partial charge in [-0.25, -0.2) is 9.37 Å². The monoisotopic (exact) mass is 157 g/mol. The van der Waals surface area contributed by atoms with Gasteiger partial charge in [-0.1, -0.05) is 0 Å². The van der Waals surface area contributed by atoms with Crippen LogP contribution in [0.4, 0.5) is 4.39 Å². The van der Waals surface area contributed by atoms with Crippen molar-refractivity contribution in [2.45, 2.75) is 19.5 Å². The van der Waals surface area contributed by atoms with Crippen LogP contribution in [0.25, 0.3) is 0 Å². The molecule has 62 valence electrons. The standard InChI is InChI=1S/C7H12FN3/c1-6(9)7-4-10-5-11(7)3-2-8/h4-6H,2-3,9H2,1H3/t6-/m1/s1. The van der Waals surface area contributed by atoms with Crippen LogP contribution in [0.1, 0.15) is 18.7 Å². The van der Waals surface area contributed by atoms with Crippen molar-refractivity contribution in [1.82, 2.24) is 9.55 Å². The van der Waals surface area contributed by atoms with E-state index in [1.165, 1.54) is 0 Å². The van der Waals surface area contributed by atoms with E-state index in [1.54, 1.807) is 17.1 Å². The highest BCUT2D eigenvalue weighted by Gasteiger charge is 2.04. The normalized spacial score (nSPS) is 13.4. The molecule has 1 atom stereocenters. The van der Waals surface area contributed by atoms with Crippen molar-refractivity contribution >= 4 is 0 Å². The molecule has 11 heavy (non-hydrogen) atoms. The highest BCUT2D eigenvalue weighted by Crippen LogP contribution is 2.07. The van der Waals surface area contributed by atoms with Gasteiger partial charge in [0.25, 0.3) is 0 Å². The maximum atomic E-state index is 11.9. The van der Waals surface area contributed by atoms with Crippen LogP contribution in [-0.2, 0) is 6.54 Å². The van der Waals surface area contributed by atoms with Crippen molar-refractivity contribution in [1.29, 1.82) is 0 Å². The first kappa shape index (κ1) is 8.20. The minimum absolute atomic E-state index is 0.0796. The minimum atomic E-state index is -0.379. The number of rotatable bonds is 3. The zero-order valence-corrected chi connectivity index (χ0v) is 6.50. The van der Waals surface area contributed by atoms with Crippen LogP contribution in [0, 0.1) is 0 Å². The van der Waals surface area contributed by atoms with Crippen LogP contribution < -0.4 is 5.73 Å². The summed E-state index contributed by atoms with van der Waals surface area (Å²) < 4.78 is 13.6. The molecule has 0 saturated carbocycles. The Bertz CT molecular complexity index is 219. The van der Waals surface area contributed by atoms with Gasteiger partial charge in [-0.05, 0) is 6.92 Å². The summed E-state index contributed by atoms with van der Waals surface area (Å²) in [6.45, 7) is 1.82. The summed E-state index contributed by atoms with van der Waals surface area (Å²) >= 11 is 0. The fourth-order valence-electron chi connectivity index (χ4n) is 0.988. The lowest BCUT2D eigenvalue weighted by atomic mass is 10.3. The molecule has 1 rings (SSSR count). The number of nitrogens with two attached hydrogens (primary N) is 1. The molecule has 2 N–H and O–H groups in total. The summed E-state index contributed by atoms with van der Waals surface area (Å²) in [6, 6.07) is -0.0796. The Morgan fingerprint density at radius 2 is 2.55 bits per heavy atom. The number of aromatic nitrogens is 2. The Kier molecular flexibility index (Phi) is 2.59. The van der Waals surface area contributed by atoms with E-state index >= 15 is 0 Å². The molecule has 0 fully saturated rings. The smallest absolute Gasteiger partial charge is 0.107 e. The minimum Gasteiger partial charge on any atom is -0.331 e. The number of imidazole rings is 1. The van der Waals surface area contributed by atoms with E-state index < -0.39 is 0 Å². The average Bonchev–Trinajstić information content (AvgIpc) is 2.36. The molecule has 1 heterocycles. The van der Waals surface area contributed by atoms with Gasteiger partial charge < -0.3 is 10.3 Å². The second-order valence-corrected chi connectivity index (χ2v) is 2.49. The maximum Gasteiger partial charge on any atom is 0.107 e. The fraction of sp³-hybridized carbons (Fsp3) is 0.571. The first-order valence-electron chi connectivity index (χ1n) is 3.57. The van der Waals surface area contributed by atoms with Crippen molar-refractivity contribution in [2.24, 2.45) is 5.73 Å². The summed E-state index contributed by atoms with van der Waals surface area (Å²) in [5, 5.41) is 0. The van der Waals surface area contributed by atoms with Gasteiger partial charge in [0.15, 0.2) is 0 Å². The van der Waals surface area contributed by atoms with Gasteiger partial charge in [-0.3, -0.25) is 0 Å². The number of nitrogens with zero attached hydrogens (tertiary/aromatic N) is 2. The van der Waals surface area contributed by atoms with Gasteiger partial charge in [0.05, 0.1) is 18.6 Å². The first-order chi connectivity index (χ1) is 5.25. The topological polar surface area (TPSA) is 43.8 Å². The van der Waals surface area contributed by atoms with Gasteiger partial charge in [0.2, 0.25) is 0 Å². The molecule has 0 aliphatic heterocycles. The summed E-state index contributed by atoms with van der Waals surface area (Å²) in [4.78, 5) is 3.88. The molecule has 0 spiro atoms. The third-order valence-electron chi connectivity index (χ3n) is 1.54. The molecule has 3 nitrogen and oxygen atoms in total. The number of alkyl halides is 1. The number of aryl methyl sites for hydroxylation is 1. The van der Waals surface area contributed by atoms with Crippen LogP contribution in [-0.4, -0.2) is 16.2 Å². The van der Waals surface area contributed by atoms with Crippen LogP contribution in [0.2, 0.25) is 0 Å². The molecule has 0 amide bonds. The van der Waals surface area contributed by atoms with Gasteiger partial charge in [-0.15, -0.1) is 0 Å². The Morgan fingerprint density at radius 3 is 3.09 bits per heavy atom. The second-order valence-electron chi connectivity index (χ2n) is 2.49. The Balaban J connectivity index is 2.78. The zero-order valence-electron chi connectivity index (χ0n) is 6.50. The lowest BCUT2D eigenvalue weighted by Crippen LogP contribution is -2.12. The molecule has 0 radical (unpaired) electrons. The van der Waals surface area contributed by atoms with Crippen LogP contribution in [0.3, 0.4) is 0 Å². The highest BCUT2D eigenvalue weighted by atomic mass is 19.1. The van der Waals surface area contributed by atoms with Gasteiger partial charge in [-0.2, -0.15) is 0 Å². The van der Waals surface area contributed by atoms with E-state index in [0.717, 1.165) is 5.69 Å². The number of hydrogen-bond acceptors (Lipinski definition) is 2. The van der Waals surface area contributed by atoms with Gasteiger partial charge in [0.1, 0.15) is 6.67 Å². The van der Waals surface area contributed by atoms with E-state index in [0.29, 0.717) is 6.54 Å². The number of hydrogen-bond donors (Lipinski definition) is 1. The molecule has 0 unspecified atom stereocenters. The quantitative estimate of drug-likeness (QED) is 0.707. The molecule has 0 bridgehead atoms. The van der Waals surface area contributed by atoms with Gasteiger partial charge >= 0.3 is 0 Å². The predicted molar refractivity (Wildman–Crippen MR) is 40.8 cm³/mol. The predicted octanol–water partition coefficient (Wildman–Crippen LogP) is 0.872. The summed E-state index contributed by atoms with van der Waals surface area (Å²) in [7, 11) is 0. The molecule has 1 aromatic heterocycles. The Morgan fingerprint density at radius 1 is 1.82 bits per heavy atom. The van der Waals surface area contributed by atoms with E-state index in [-0.39, 0.29) is 12.7 Å². The third-order valence-corrected chi connectivity index (χ3v) is 1.54. The van der Waals surface area contributed by atoms with E-state index in [1.807, 2.05) is 6.92 Å². The molecular weight excluding hydrogens is 145 g/mol. The van der Waals surface area contributed by atoms with E-state index in [4.69, 9.17) is 5.73 Å². The fourth-order valence-corrected chi connectivity index (χ4v) is 0.988.